The Labute approximate surface area is 177 Å². The Kier molecular flexibility index (Phi) is 5.40. The lowest BCUT2D eigenvalue weighted by molar-refractivity contribution is 0.0949. The molecule has 4 rings (SSSR count). The van der Waals surface area contributed by atoms with E-state index in [1.807, 2.05) is 48.5 Å². The number of para-hydroxylation sites is 2. The third-order valence-corrected chi connectivity index (χ3v) is 5.34. The Morgan fingerprint density at radius 3 is 2.27 bits per heavy atom. The molecular weight excluding hydrogens is 370 g/mol. The van der Waals surface area contributed by atoms with Gasteiger partial charge in [0, 0.05) is 12.1 Å². The van der Waals surface area contributed by atoms with Crippen molar-refractivity contribution in [3.8, 4) is 0 Å². The zero-order valence-electron chi connectivity index (χ0n) is 17.7. The molecule has 30 heavy (non-hydrogen) atoms. The van der Waals surface area contributed by atoms with Crippen LogP contribution in [0.25, 0.3) is 11.0 Å². The van der Waals surface area contributed by atoms with Gasteiger partial charge in [-0.1, -0.05) is 75.4 Å². The van der Waals surface area contributed by atoms with Crippen molar-refractivity contribution in [2.75, 3.05) is 0 Å². The van der Waals surface area contributed by atoms with Gasteiger partial charge in [-0.2, -0.15) is 0 Å². The predicted molar refractivity (Wildman–Crippen MR) is 122 cm³/mol. The van der Waals surface area contributed by atoms with Crippen LogP contribution in [0.4, 0.5) is 0 Å². The number of imidazole rings is 1. The average Bonchev–Trinajstić information content (AvgIpc) is 3.10. The second-order valence-corrected chi connectivity index (χ2v) is 8.60. The third-order valence-electron chi connectivity index (χ3n) is 5.34. The summed E-state index contributed by atoms with van der Waals surface area (Å²) in [6, 6.07) is 26.1. The van der Waals surface area contributed by atoms with Crippen molar-refractivity contribution in [2.45, 2.75) is 39.3 Å². The van der Waals surface area contributed by atoms with Gasteiger partial charge >= 0.3 is 0 Å². The Hall–Kier alpha value is -3.40. The van der Waals surface area contributed by atoms with E-state index in [4.69, 9.17) is 4.98 Å². The molecule has 0 bridgehead atoms. The fraction of sp³-hybridized carbons (Fsp3) is 0.231. The second kappa shape index (κ2) is 8.15. The maximum atomic E-state index is 12.5. The van der Waals surface area contributed by atoms with E-state index in [9.17, 15) is 4.79 Å². The van der Waals surface area contributed by atoms with Gasteiger partial charge in [0.25, 0.3) is 5.91 Å². The van der Waals surface area contributed by atoms with Gasteiger partial charge in [0.1, 0.15) is 5.82 Å². The average molecular weight is 398 g/mol. The van der Waals surface area contributed by atoms with Crippen LogP contribution in [0.3, 0.4) is 0 Å². The maximum Gasteiger partial charge on any atom is 0.251 e. The van der Waals surface area contributed by atoms with Crippen molar-refractivity contribution >= 4 is 16.9 Å². The fourth-order valence-electron chi connectivity index (χ4n) is 3.58. The quantitative estimate of drug-likeness (QED) is 0.496. The van der Waals surface area contributed by atoms with E-state index in [0.717, 1.165) is 16.9 Å². The minimum Gasteiger partial charge on any atom is -0.345 e. The second-order valence-electron chi connectivity index (χ2n) is 8.60. The van der Waals surface area contributed by atoms with Gasteiger partial charge in [-0.3, -0.25) is 4.79 Å². The van der Waals surface area contributed by atoms with Crippen LogP contribution in [0.15, 0.2) is 78.9 Å². The first-order valence-electron chi connectivity index (χ1n) is 10.3. The summed E-state index contributed by atoms with van der Waals surface area (Å²) in [5.41, 5.74) is 5.32. The molecule has 4 heteroatoms. The van der Waals surface area contributed by atoms with Gasteiger partial charge in [-0.15, -0.1) is 0 Å². The summed E-state index contributed by atoms with van der Waals surface area (Å²) in [7, 11) is 0. The van der Waals surface area contributed by atoms with Crippen molar-refractivity contribution in [3.05, 3.63) is 101 Å². The lowest BCUT2D eigenvalue weighted by atomic mass is 9.87. The van der Waals surface area contributed by atoms with Crippen LogP contribution in [0.2, 0.25) is 0 Å². The minimum atomic E-state index is -0.0938. The highest BCUT2D eigenvalue weighted by molar-refractivity contribution is 5.94. The lowest BCUT2D eigenvalue weighted by Crippen LogP contribution is -2.24. The zero-order valence-corrected chi connectivity index (χ0v) is 17.7. The van der Waals surface area contributed by atoms with Crippen molar-refractivity contribution in [3.63, 3.8) is 0 Å². The number of nitrogens with one attached hydrogen (secondary N) is 1. The van der Waals surface area contributed by atoms with Crippen LogP contribution < -0.4 is 5.32 Å². The zero-order chi connectivity index (χ0) is 21.1. The molecule has 0 aliphatic heterocycles. The van der Waals surface area contributed by atoms with Crippen LogP contribution in [0.1, 0.15) is 48.1 Å². The fourth-order valence-corrected chi connectivity index (χ4v) is 3.58. The number of hydrogen-bond donors (Lipinski definition) is 1. The summed E-state index contributed by atoms with van der Waals surface area (Å²) < 4.78 is 2.19. The molecule has 3 aromatic carbocycles. The van der Waals surface area contributed by atoms with Gasteiger partial charge in [-0.25, -0.2) is 4.98 Å². The number of benzene rings is 3. The highest BCUT2D eigenvalue weighted by Gasteiger charge is 2.15. The number of rotatable bonds is 5. The van der Waals surface area contributed by atoms with E-state index in [-0.39, 0.29) is 11.3 Å². The van der Waals surface area contributed by atoms with E-state index < -0.39 is 0 Å². The number of amides is 1. The van der Waals surface area contributed by atoms with Crippen molar-refractivity contribution < 1.29 is 4.79 Å². The molecule has 152 valence electrons. The summed E-state index contributed by atoms with van der Waals surface area (Å²) in [6.07, 6.45) is 0. The Balaban J connectivity index is 1.60. The van der Waals surface area contributed by atoms with E-state index in [0.29, 0.717) is 18.7 Å². The molecule has 1 heterocycles. The van der Waals surface area contributed by atoms with E-state index in [1.165, 1.54) is 11.1 Å². The summed E-state index contributed by atoms with van der Waals surface area (Å²) >= 11 is 0. The van der Waals surface area contributed by atoms with Crippen LogP contribution >= 0.6 is 0 Å². The van der Waals surface area contributed by atoms with Crippen molar-refractivity contribution in [2.24, 2.45) is 0 Å². The largest absolute Gasteiger partial charge is 0.345 e. The molecule has 0 spiro atoms. The molecule has 0 radical (unpaired) electrons. The molecule has 0 saturated carbocycles. The van der Waals surface area contributed by atoms with Crippen LogP contribution in [0, 0.1) is 0 Å². The third kappa shape index (κ3) is 4.28. The molecule has 0 atom stereocenters. The first-order chi connectivity index (χ1) is 14.4. The van der Waals surface area contributed by atoms with Gasteiger partial charge in [0.05, 0.1) is 17.6 Å². The molecule has 1 amide bonds. The predicted octanol–water partition coefficient (Wildman–Crippen LogP) is 5.31. The van der Waals surface area contributed by atoms with E-state index >= 15 is 0 Å². The molecule has 0 unspecified atom stereocenters. The molecule has 0 aliphatic carbocycles. The maximum absolute atomic E-state index is 12.5. The highest BCUT2D eigenvalue weighted by atomic mass is 16.1. The molecular formula is C26H27N3O. The SMILES string of the molecule is CC(C)(C)c1ccc(Cn2c(CNC(=O)c3ccccc3)nc3ccccc32)cc1. The van der Waals surface area contributed by atoms with E-state index in [1.54, 1.807) is 0 Å². The normalized spacial score (nSPS) is 11.6. The Morgan fingerprint density at radius 2 is 1.57 bits per heavy atom. The molecule has 1 aromatic heterocycles. The first kappa shape index (κ1) is 19.9. The summed E-state index contributed by atoms with van der Waals surface area (Å²) in [4.78, 5) is 17.3. The van der Waals surface area contributed by atoms with Gasteiger partial charge < -0.3 is 9.88 Å². The smallest absolute Gasteiger partial charge is 0.251 e. The number of carbonyl (C=O) groups excluding carboxylic acids is 1. The standard InChI is InChI=1S/C26H27N3O/c1-26(2,3)21-15-13-19(14-16-21)18-29-23-12-8-7-11-22(23)28-24(29)17-27-25(30)20-9-5-4-6-10-20/h4-16H,17-18H2,1-3H3,(H,27,30). The minimum absolute atomic E-state index is 0.0938. The van der Waals surface area contributed by atoms with Gasteiger partial charge in [0.15, 0.2) is 0 Å². The molecule has 4 aromatic rings. The summed E-state index contributed by atoms with van der Waals surface area (Å²) in [5.74, 6) is 0.754. The first-order valence-corrected chi connectivity index (χ1v) is 10.3. The highest BCUT2D eigenvalue weighted by Crippen LogP contribution is 2.23. The molecule has 0 fully saturated rings. The van der Waals surface area contributed by atoms with Crippen molar-refractivity contribution in [1.29, 1.82) is 0 Å². The Morgan fingerprint density at radius 1 is 0.900 bits per heavy atom. The molecule has 4 nitrogen and oxygen atoms in total. The summed E-state index contributed by atoms with van der Waals surface area (Å²) in [6.45, 7) is 7.75. The van der Waals surface area contributed by atoms with Crippen LogP contribution in [-0.4, -0.2) is 15.5 Å². The number of hydrogen-bond acceptors (Lipinski definition) is 2. The van der Waals surface area contributed by atoms with Crippen LogP contribution in [-0.2, 0) is 18.5 Å². The Bertz CT molecular complexity index is 1150. The molecule has 0 saturated heterocycles. The van der Waals surface area contributed by atoms with Gasteiger partial charge in [0.2, 0.25) is 0 Å². The topological polar surface area (TPSA) is 46.9 Å². The number of nitrogens with zero attached hydrogens (tertiary/aromatic N) is 2. The van der Waals surface area contributed by atoms with Crippen LogP contribution in [0.5, 0.6) is 0 Å². The molecule has 0 aliphatic rings. The van der Waals surface area contributed by atoms with Gasteiger partial charge in [-0.05, 0) is 40.8 Å². The molecule has 1 N–H and O–H groups in total. The lowest BCUT2D eigenvalue weighted by Gasteiger charge is -2.19. The number of fused-ring (bicyclic) bond motifs is 1. The number of aromatic nitrogens is 2. The summed E-state index contributed by atoms with van der Waals surface area (Å²) in [5, 5.41) is 3.01. The monoisotopic (exact) mass is 397 g/mol. The number of carbonyl (C=O) groups is 1. The van der Waals surface area contributed by atoms with E-state index in [2.05, 4.69) is 61.0 Å². The van der Waals surface area contributed by atoms with Crippen molar-refractivity contribution in [1.82, 2.24) is 14.9 Å².